The third kappa shape index (κ3) is 12.5. The van der Waals surface area contributed by atoms with E-state index in [1.54, 1.807) is 0 Å². The van der Waals surface area contributed by atoms with Crippen molar-refractivity contribution in [3.05, 3.63) is 30.1 Å². The summed E-state index contributed by atoms with van der Waals surface area (Å²) in [5.74, 6) is -4.99. The van der Waals surface area contributed by atoms with Crippen LogP contribution < -0.4 is 5.32 Å². The first-order chi connectivity index (χ1) is 17.4. The third-order valence-electron chi connectivity index (χ3n) is 5.59. The summed E-state index contributed by atoms with van der Waals surface area (Å²) in [6, 6.07) is 4.34. The lowest BCUT2D eigenvalue weighted by Crippen LogP contribution is -2.43. The lowest BCUT2D eigenvalue weighted by Gasteiger charge is -2.38. The molecular weight excluding hydrogens is 528 g/mol. The third-order valence-corrected chi connectivity index (χ3v) is 5.59. The second kappa shape index (κ2) is 14.3. The number of pyridine rings is 1. The van der Waals surface area contributed by atoms with Gasteiger partial charge in [-0.25, -0.2) is 9.59 Å². The van der Waals surface area contributed by atoms with Crippen LogP contribution in [0.1, 0.15) is 45.1 Å². The Morgan fingerprint density at radius 1 is 1.11 bits per heavy atom. The quantitative estimate of drug-likeness (QED) is 0.467. The van der Waals surface area contributed by atoms with Crippen LogP contribution in [0.25, 0.3) is 0 Å². The lowest BCUT2D eigenvalue weighted by molar-refractivity contribution is -0.193. The highest BCUT2D eigenvalue weighted by Crippen LogP contribution is 2.40. The van der Waals surface area contributed by atoms with Crippen molar-refractivity contribution in [2.24, 2.45) is 5.92 Å². The number of amides is 1. The first-order valence-corrected chi connectivity index (χ1v) is 11.6. The molecule has 216 valence electrons. The smallest absolute Gasteiger partial charge is 0.475 e. The monoisotopic (exact) mass is 559 g/mol. The fourth-order valence-corrected chi connectivity index (χ4v) is 3.93. The Labute approximate surface area is 215 Å². The molecule has 9 nitrogen and oxygen atoms in total. The van der Waals surface area contributed by atoms with Crippen molar-refractivity contribution in [1.29, 1.82) is 0 Å². The van der Waals surface area contributed by atoms with E-state index in [0.29, 0.717) is 12.3 Å². The minimum absolute atomic E-state index is 0.00815. The van der Waals surface area contributed by atoms with Crippen LogP contribution in [0, 0.1) is 5.92 Å². The van der Waals surface area contributed by atoms with E-state index in [9.17, 15) is 31.1 Å². The van der Waals surface area contributed by atoms with E-state index in [2.05, 4.69) is 21.3 Å². The number of nitrogens with zero attached hydrogens (tertiary/aromatic N) is 2. The summed E-state index contributed by atoms with van der Waals surface area (Å²) in [4.78, 5) is 36.4. The molecule has 1 atom stereocenters. The van der Waals surface area contributed by atoms with E-state index < -0.39 is 24.3 Å². The van der Waals surface area contributed by atoms with Crippen molar-refractivity contribution < 1.29 is 55.7 Å². The van der Waals surface area contributed by atoms with Crippen LogP contribution in [0.4, 0.5) is 26.3 Å². The number of carbonyl (C=O) groups is 3. The zero-order valence-corrected chi connectivity index (χ0v) is 20.8. The summed E-state index contributed by atoms with van der Waals surface area (Å²) < 4.78 is 69.7. The van der Waals surface area contributed by atoms with Gasteiger partial charge in [-0.05, 0) is 50.7 Å². The number of hydrogen-bond donors (Lipinski definition) is 3. The van der Waals surface area contributed by atoms with E-state index in [0.717, 1.165) is 45.5 Å². The molecule has 0 radical (unpaired) electrons. The molecule has 1 unspecified atom stereocenters. The average molecular weight is 560 g/mol. The summed E-state index contributed by atoms with van der Waals surface area (Å²) in [6.07, 6.45) is -2.65. The van der Waals surface area contributed by atoms with E-state index in [-0.39, 0.29) is 17.6 Å². The van der Waals surface area contributed by atoms with Crippen molar-refractivity contribution in [3.8, 4) is 0 Å². The number of aliphatic carboxylic acids is 2. The Morgan fingerprint density at radius 3 is 2.05 bits per heavy atom. The average Bonchev–Trinajstić information content (AvgIpc) is 3.17. The number of alkyl halides is 6. The molecule has 2 aliphatic heterocycles. The van der Waals surface area contributed by atoms with Crippen LogP contribution >= 0.6 is 0 Å². The van der Waals surface area contributed by atoms with E-state index >= 15 is 0 Å². The topological polar surface area (TPSA) is 129 Å². The van der Waals surface area contributed by atoms with Gasteiger partial charge in [-0.1, -0.05) is 6.07 Å². The highest BCUT2D eigenvalue weighted by Gasteiger charge is 2.43. The molecule has 38 heavy (non-hydrogen) atoms. The SMILES string of the molecule is CC(C)NC(=O)CC1COC2(CCN(Cc3cccnc3)CC2)C1.O=C(O)C(F)(F)F.O=C(O)C(F)(F)F. The zero-order valence-electron chi connectivity index (χ0n) is 20.8. The van der Waals surface area contributed by atoms with Crippen molar-refractivity contribution in [1.82, 2.24) is 15.2 Å². The van der Waals surface area contributed by atoms with Crippen LogP contribution in [-0.4, -0.2) is 81.6 Å². The summed E-state index contributed by atoms with van der Waals surface area (Å²) in [5.41, 5.74) is 1.28. The number of hydrogen-bond acceptors (Lipinski definition) is 6. The number of carbonyl (C=O) groups excluding carboxylic acids is 1. The molecule has 3 rings (SSSR count). The number of rotatable bonds is 5. The zero-order chi connectivity index (χ0) is 29.1. The fourth-order valence-electron chi connectivity index (χ4n) is 3.93. The summed E-state index contributed by atoms with van der Waals surface area (Å²) in [7, 11) is 0. The van der Waals surface area contributed by atoms with E-state index in [1.165, 1.54) is 5.56 Å². The molecule has 3 heterocycles. The summed E-state index contributed by atoms with van der Waals surface area (Å²) in [5, 5.41) is 17.2. The number of aromatic nitrogens is 1. The van der Waals surface area contributed by atoms with E-state index in [1.807, 2.05) is 32.3 Å². The second-order valence-corrected chi connectivity index (χ2v) is 9.23. The maximum Gasteiger partial charge on any atom is 0.490 e. The number of carboxylic acids is 2. The highest BCUT2D eigenvalue weighted by atomic mass is 19.4. The van der Waals surface area contributed by atoms with Crippen LogP contribution in [0.2, 0.25) is 0 Å². The normalized spacial score (nSPS) is 19.1. The fraction of sp³-hybridized carbons (Fsp3) is 0.652. The molecule has 1 aromatic heterocycles. The Morgan fingerprint density at radius 2 is 1.63 bits per heavy atom. The number of nitrogens with one attached hydrogen (secondary N) is 1. The lowest BCUT2D eigenvalue weighted by atomic mass is 9.84. The van der Waals surface area contributed by atoms with Crippen molar-refractivity contribution in [2.75, 3.05) is 19.7 Å². The summed E-state index contributed by atoms with van der Waals surface area (Å²) in [6.45, 7) is 7.81. The second-order valence-electron chi connectivity index (χ2n) is 9.23. The van der Waals surface area contributed by atoms with Gasteiger partial charge in [-0.15, -0.1) is 0 Å². The van der Waals surface area contributed by atoms with Gasteiger partial charge in [-0.2, -0.15) is 26.3 Å². The molecule has 0 saturated carbocycles. The van der Waals surface area contributed by atoms with E-state index in [4.69, 9.17) is 24.5 Å². The number of likely N-dealkylation sites (tertiary alicyclic amines) is 1. The maximum absolute atomic E-state index is 12.0. The molecule has 2 fully saturated rings. The Balaban J connectivity index is 0.000000426. The largest absolute Gasteiger partial charge is 0.490 e. The number of piperidine rings is 1. The molecular formula is C23H31F6N3O6. The van der Waals surface area contributed by atoms with Gasteiger partial charge in [0.05, 0.1) is 12.2 Å². The van der Waals surface area contributed by atoms with Gasteiger partial charge in [0, 0.05) is 44.5 Å². The van der Waals surface area contributed by atoms with Gasteiger partial charge in [-0.3, -0.25) is 14.7 Å². The molecule has 2 saturated heterocycles. The van der Waals surface area contributed by atoms with Crippen molar-refractivity contribution >= 4 is 17.8 Å². The van der Waals surface area contributed by atoms with Gasteiger partial charge in [0.15, 0.2) is 0 Å². The molecule has 0 aliphatic carbocycles. The molecule has 1 amide bonds. The Hall–Kier alpha value is -2.94. The maximum atomic E-state index is 12.0. The highest BCUT2D eigenvalue weighted by molar-refractivity contribution is 5.76. The van der Waals surface area contributed by atoms with Crippen molar-refractivity contribution in [3.63, 3.8) is 0 Å². The number of carboxylic acid groups (broad SMARTS) is 2. The van der Waals surface area contributed by atoms with Crippen LogP contribution in [-0.2, 0) is 25.7 Å². The molecule has 0 aromatic carbocycles. The van der Waals surface area contributed by atoms with Crippen LogP contribution in [0.15, 0.2) is 24.5 Å². The van der Waals surface area contributed by atoms with Crippen molar-refractivity contribution in [2.45, 2.75) is 70.1 Å². The minimum atomic E-state index is -5.08. The minimum Gasteiger partial charge on any atom is -0.475 e. The Kier molecular flexibility index (Phi) is 12.4. The first kappa shape index (κ1) is 33.1. The predicted octanol–water partition coefficient (Wildman–Crippen LogP) is 3.63. The number of halogens is 6. The van der Waals surface area contributed by atoms with Gasteiger partial charge in [0.25, 0.3) is 0 Å². The predicted molar refractivity (Wildman–Crippen MR) is 121 cm³/mol. The molecule has 3 N–H and O–H groups in total. The molecule has 15 heteroatoms. The number of ether oxygens (including phenoxy) is 1. The Bertz CT molecular complexity index is 879. The standard InChI is InChI=1S/C19H29N3O2.2C2HF3O2/c1-15(2)21-18(23)10-17-11-19(24-14-17)5-8-22(9-6-19)13-16-4-3-7-20-12-16;2*3-2(4,5)1(6)7/h3-4,7,12,15,17H,5-6,8-11,13-14H2,1-2H3,(H,21,23);2*(H,6,7). The first-order valence-electron chi connectivity index (χ1n) is 11.6. The van der Waals surface area contributed by atoms with Gasteiger partial charge < -0.3 is 20.3 Å². The van der Waals surface area contributed by atoms with Gasteiger partial charge in [0.2, 0.25) is 5.91 Å². The van der Waals surface area contributed by atoms with Gasteiger partial charge in [0.1, 0.15) is 0 Å². The van der Waals surface area contributed by atoms with Gasteiger partial charge >= 0.3 is 24.3 Å². The molecule has 1 aromatic rings. The summed E-state index contributed by atoms with van der Waals surface area (Å²) >= 11 is 0. The molecule has 2 aliphatic rings. The molecule has 0 bridgehead atoms. The molecule has 1 spiro atoms. The van der Waals surface area contributed by atoms with Crippen LogP contribution in [0.5, 0.6) is 0 Å². The van der Waals surface area contributed by atoms with Crippen LogP contribution in [0.3, 0.4) is 0 Å².